The highest BCUT2D eigenvalue weighted by molar-refractivity contribution is 5.89. The van der Waals surface area contributed by atoms with Crippen molar-refractivity contribution in [1.29, 1.82) is 0 Å². The third-order valence-electron chi connectivity index (χ3n) is 2.58. The number of methoxy groups -OCH3 is 1. The Bertz CT molecular complexity index is 604. The van der Waals surface area contributed by atoms with Gasteiger partial charge < -0.3 is 15.4 Å². The molecular formula is C14H14FN3O2. The summed E-state index contributed by atoms with van der Waals surface area (Å²) >= 11 is 0. The Labute approximate surface area is 115 Å². The van der Waals surface area contributed by atoms with E-state index in [0.29, 0.717) is 11.4 Å². The lowest BCUT2D eigenvalue weighted by molar-refractivity contribution is 0.251. The van der Waals surface area contributed by atoms with E-state index in [2.05, 4.69) is 15.6 Å². The maximum absolute atomic E-state index is 13.3. The van der Waals surface area contributed by atoms with Crippen molar-refractivity contribution in [1.82, 2.24) is 10.3 Å². The van der Waals surface area contributed by atoms with Gasteiger partial charge in [-0.15, -0.1) is 0 Å². The van der Waals surface area contributed by atoms with Crippen LogP contribution >= 0.6 is 0 Å². The molecule has 20 heavy (non-hydrogen) atoms. The molecule has 1 heterocycles. The fourth-order valence-electron chi connectivity index (χ4n) is 1.59. The molecule has 0 saturated heterocycles. The molecule has 0 saturated carbocycles. The summed E-state index contributed by atoms with van der Waals surface area (Å²) in [5.74, 6) is 0.188. The number of nitrogens with zero attached hydrogens (tertiary/aromatic N) is 1. The van der Waals surface area contributed by atoms with Crippen molar-refractivity contribution in [2.75, 3.05) is 12.4 Å². The third-order valence-corrected chi connectivity index (χ3v) is 2.58. The van der Waals surface area contributed by atoms with Gasteiger partial charge in [0, 0.05) is 18.0 Å². The zero-order valence-electron chi connectivity index (χ0n) is 10.9. The van der Waals surface area contributed by atoms with E-state index < -0.39 is 11.8 Å². The predicted octanol–water partition coefficient (Wildman–Crippen LogP) is 2.55. The largest absolute Gasteiger partial charge is 0.497 e. The van der Waals surface area contributed by atoms with E-state index in [-0.39, 0.29) is 12.2 Å². The first-order valence-corrected chi connectivity index (χ1v) is 5.97. The number of anilines is 1. The van der Waals surface area contributed by atoms with E-state index in [0.717, 1.165) is 0 Å². The maximum atomic E-state index is 13.3. The van der Waals surface area contributed by atoms with Crippen LogP contribution in [0.2, 0.25) is 0 Å². The fraction of sp³-hybridized carbons (Fsp3) is 0.143. The van der Waals surface area contributed by atoms with Crippen LogP contribution in [-0.4, -0.2) is 18.1 Å². The predicted molar refractivity (Wildman–Crippen MR) is 73.0 cm³/mol. The number of hydrogen-bond donors (Lipinski definition) is 2. The summed E-state index contributed by atoms with van der Waals surface area (Å²) in [6.07, 6.45) is 1.47. The maximum Gasteiger partial charge on any atom is 0.319 e. The van der Waals surface area contributed by atoms with Gasteiger partial charge in [0.15, 0.2) is 0 Å². The molecule has 1 aromatic carbocycles. The fourth-order valence-corrected chi connectivity index (χ4v) is 1.59. The molecule has 2 N–H and O–H groups in total. The van der Waals surface area contributed by atoms with Crippen LogP contribution in [0.5, 0.6) is 5.75 Å². The topological polar surface area (TPSA) is 63.2 Å². The zero-order chi connectivity index (χ0) is 14.4. The lowest BCUT2D eigenvalue weighted by atomic mass is 10.3. The molecule has 0 bridgehead atoms. The molecular weight excluding hydrogens is 261 g/mol. The normalized spacial score (nSPS) is 9.90. The summed E-state index contributed by atoms with van der Waals surface area (Å²) in [4.78, 5) is 15.5. The average molecular weight is 275 g/mol. The Morgan fingerprint density at radius 3 is 2.95 bits per heavy atom. The van der Waals surface area contributed by atoms with E-state index >= 15 is 0 Å². The molecule has 0 radical (unpaired) electrons. The van der Waals surface area contributed by atoms with Gasteiger partial charge in [-0.3, -0.25) is 4.98 Å². The van der Waals surface area contributed by atoms with Crippen molar-refractivity contribution in [3.05, 3.63) is 54.1 Å². The molecule has 5 nitrogen and oxygen atoms in total. The first kappa shape index (κ1) is 13.8. The molecule has 2 rings (SSSR count). The van der Waals surface area contributed by atoms with E-state index in [4.69, 9.17) is 4.74 Å². The molecule has 1 aromatic heterocycles. The van der Waals surface area contributed by atoms with Crippen molar-refractivity contribution in [3.8, 4) is 5.75 Å². The standard InChI is InChI=1S/C14H14FN3O2/c1-20-11-5-2-4-10(8-11)18-14(19)17-9-13-12(15)6-3-7-16-13/h2-8H,9H2,1H3,(H2,17,18,19). The molecule has 104 valence electrons. The number of aromatic nitrogens is 1. The van der Waals surface area contributed by atoms with Crippen molar-refractivity contribution in [2.24, 2.45) is 0 Å². The first-order chi connectivity index (χ1) is 9.69. The summed E-state index contributed by atoms with van der Waals surface area (Å²) in [6, 6.07) is 9.28. The smallest absolute Gasteiger partial charge is 0.319 e. The number of benzene rings is 1. The highest BCUT2D eigenvalue weighted by Gasteiger charge is 2.06. The van der Waals surface area contributed by atoms with E-state index in [1.807, 2.05) is 0 Å². The summed E-state index contributed by atoms with van der Waals surface area (Å²) in [6.45, 7) is 0.0163. The molecule has 0 unspecified atom stereocenters. The van der Waals surface area contributed by atoms with Crippen molar-refractivity contribution in [3.63, 3.8) is 0 Å². The highest BCUT2D eigenvalue weighted by atomic mass is 19.1. The number of halogens is 1. The SMILES string of the molecule is COc1cccc(NC(=O)NCc2ncccc2F)c1. The summed E-state index contributed by atoms with van der Waals surface area (Å²) < 4.78 is 18.4. The Kier molecular flexibility index (Phi) is 4.49. The van der Waals surface area contributed by atoms with Gasteiger partial charge in [0.25, 0.3) is 0 Å². The highest BCUT2D eigenvalue weighted by Crippen LogP contribution is 2.16. The molecule has 6 heteroatoms. The van der Waals surface area contributed by atoms with Gasteiger partial charge in [-0.2, -0.15) is 0 Å². The van der Waals surface area contributed by atoms with Gasteiger partial charge in [-0.05, 0) is 24.3 Å². The third kappa shape index (κ3) is 3.68. The van der Waals surface area contributed by atoms with E-state index in [9.17, 15) is 9.18 Å². The number of carbonyl (C=O) groups is 1. The van der Waals surface area contributed by atoms with Crippen LogP contribution in [0.4, 0.5) is 14.9 Å². The number of rotatable bonds is 4. The van der Waals surface area contributed by atoms with Gasteiger partial charge in [-0.1, -0.05) is 6.07 Å². The molecule has 0 spiro atoms. The second-order valence-electron chi connectivity index (χ2n) is 3.97. The number of hydrogen-bond acceptors (Lipinski definition) is 3. The summed E-state index contributed by atoms with van der Waals surface area (Å²) in [7, 11) is 1.54. The monoisotopic (exact) mass is 275 g/mol. The minimum Gasteiger partial charge on any atom is -0.497 e. The van der Waals surface area contributed by atoms with Crippen LogP contribution in [0.3, 0.4) is 0 Å². The van der Waals surface area contributed by atoms with Crippen molar-refractivity contribution >= 4 is 11.7 Å². The molecule has 0 aliphatic rings. The van der Waals surface area contributed by atoms with Crippen LogP contribution in [0.15, 0.2) is 42.6 Å². The summed E-state index contributed by atoms with van der Waals surface area (Å²) in [5, 5.41) is 5.16. The van der Waals surface area contributed by atoms with Gasteiger partial charge >= 0.3 is 6.03 Å². The minimum absolute atomic E-state index is 0.0163. The van der Waals surface area contributed by atoms with Crippen molar-refractivity contribution < 1.29 is 13.9 Å². The van der Waals surface area contributed by atoms with Crippen molar-refractivity contribution in [2.45, 2.75) is 6.54 Å². The van der Waals surface area contributed by atoms with E-state index in [1.165, 1.54) is 18.3 Å². The van der Waals surface area contributed by atoms with Crippen LogP contribution in [0, 0.1) is 5.82 Å². The Morgan fingerprint density at radius 2 is 2.20 bits per heavy atom. The van der Waals surface area contributed by atoms with Crippen LogP contribution in [0.25, 0.3) is 0 Å². The number of carbonyl (C=O) groups excluding carboxylic acids is 1. The second-order valence-corrected chi connectivity index (χ2v) is 3.97. The lowest BCUT2D eigenvalue weighted by Crippen LogP contribution is -2.28. The number of amides is 2. The van der Waals surface area contributed by atoms with Gasteiger partial charge in [0.2, 0.25) is 0 Å². The van der Waals surface area contributed by atoms with E-state index in [1.54, 1.807) is 31.4 Å². The Morgan fingerprint density at radius 1 is 1.35 bits per heavy atom. The molecule has 2 amide bonds. The number of pyridine rings is 1. The molecule has 0 aliphatic carbocycles. The van der Waals surface area contributed by atoms with Crippen LogP contribution in [-0.2, 0) is 6.54 Å². The second kappa shape index (κ2) is 6.51. The van der Waals surface area contributed by atoms with Gasteiger partial charge in [0.1, 0.15) is 11.6 Å². The Hall–Kier alpha value is -2.63. The average Bonchev–Trinajstić information content (AvgIpc) is 2.46. The molecule has 0 atom stereocenters. The summed E-state index contributed by atoms with van der Waals surface area (Å²) in [5.41, 5.74) is 0.775. The molecule has 0 fully saturated rings. The van der Waals surface area contributed by atoms with Crippen LogP contribution < -0.4 is 15.4 Å². The zero-order valence-corrected chi connectivity index (χ0v) is 10.9. The lowest BCUT2D eigenvalue weighted by Gasteiger charge is -2.08. The number of ether oxygens (including phenoxy) is 1. The number of urea groups is 1. The Balaban J connectivity index is 1.91. The quantitative estimate of drug-likeness (QED) is 0.901. The van der Waals surface area contributed by atoms with Gasteiger partial charge in [0.05, 0.1) is 19.3 Å². The van der Waals surface area contributed by atoms with Gasteiger partial charge in [-0.25, -0.2) is 9.18 Å². The van der Waals surface area contributed by atoms with Crippen LogP contribution in [0.1, 0.15) is 5.69 Å². The molecule has 2 aromatic rings. The first-order valence-electron chi connectivity index (χ1n) is 5.97. The minimum atomic E-state index is -0.450. The molecule has 0 aliphatic heterocycles. The number of nitrogens with one attached hydrogen (secondary N) is 2.